The summed E-state index contributed by atoms with van der Waals surface area (Å²) >= 11 is 7.07. The van der Waals surface area contributed by atoms with Crippen molar-refractivity contribution in [2.75, 3.05) is 5.32 Å². The molecule has 0 fully saturated rings. The molecular formula is C16H10ClFN2OS. The van der Waals surface area contributed by atoms with Crippen molar-refractivity contribution in [2.45, 2.75) is 0 Å². The Labute approximate surface area is 135 Å². The zero-order valence-corrected chi connectivity index (χ0v) is 12.8. The van der Waals surface area contributed by atoms with Crippen molar-refractivity contribution < 1.29 is 9.18 Å². The third kappa shape index (κ3) is 3.32. The molecule has 3 rings (SSSR count). The molecule has 0 unspecified atom stereocenters. The van der Waals surface area contributed by atoms with Gasteiger partial charge in [-0.15, -0.1) is 11.3 Å². The van der Waals surface area contributed by atoms with Gasteiger partial charge in [-0.25, -0.2) is 9.37 Å². The number of carbonyl (C=O) groups is 1. The molecule has 110 valence electrons. The fourth-order valence-electron chi connectivity index (χ4n) is 1.88. The molecule has 0 aliphatic rings. The van der Waals surface area contributed by atoms with E-state index in [0.717, 1.165) is 0 Å². The molecule has 0 aliphatic carbocycles. The smallest absolute Gasteiger partial charge is 0.257 e. The van der Waals surface area contributed by atoms with Gasteiger partial charge in [-0.3, -0.25) is 10.1 Å². The molecule has 0 atom stereocenters. The van der Waals surface area contributed by atoms with Crippen molar-refractivity contribution in [1.29, 1.82) is 0 Å². The lowest BCUT2D eigenvalue weighted by molar-refractivity contribution is 0.102. The van der Waals surface area contributed by atoms with Crippen molar-refractivity contribution in [3.05, 3.63) is 70.3 Å². The molecule has 6 heteroatoms. The van der Waals surface area contributed by atoms with Crippen LogP contribution >= 0.6 is 22.9 Å². The van der Waals surface area contributed by atoms with Crippen LogP contribution in [-0.2, 0) is 0 Å². The Morgan fingerprint density at radius 2 is 1.95 bits per heavy atom. The van der Waals surface area contributed by atoms with Crippen LogP contribution in [0.1, 0.15) is 10.4 Å². The molecule has 1 amide bonds. The highest BCUT2D eigenvalue weighted by Gasteiger charge is 2.10. The highest BCUT2D eigenvalue weighted by Crippen LogP contribution is 2.25. The summed E-state index contributed by atoms with van der Waals surface area (Å²) in [5.41, 5.74) is 1.78. The molecule has 0 saturated heterocycles. The second kappa shape index (κ2) is 6.25. The van der Waals surface area contributed by atoms with Gasteiger partial charge in [-0.05, 0) is 36.4 Å². The number of halogens is 2. The first kappa shape index (κ1) is 14.7. The van der Waals surface area contributed by atoms with E-state index in [1.54, 1.807) is 41.8 Å². The third-order valence-electron chi connectivity index (χ3n) is 2.95. The molecule has 3 aromatic rings. The van der Waals surface area contributed by atoms with E-state index in [0.29, 0.717) is 27.0 Å². The fraction of sp³-hybridized carbons (Fsp3) is 0. The predicted octanol–water partition coefficient (Wildman–Crippen LogP) is 4.85. The van der Waals surface area contributed by atoms with Gasteiger partial charge in [0.15, 0.2) is 5.13 Å². The van der Waals surface area contributed by atoms with Gasteiger partial charge >= 0.3 is 0 Å². The first-order valence-corrected chi connectivity index (χ1v) is 7.66. The van der Waals surface area contributed by atoms with E-state index in [1.807, 2.05) is 0 Å². The number of nitrogens with one attached hydrogen (secondary N) is 1. The molecule has 22 heavy (non-hydrogen) atoms. The first-order chi connectivity index (χ1) is 10.6. The maximum atomic E-state index is 13.2. The summed E-state index contributed by atoms with van der Waals surface area (Å²) in [4.78, 5) is 16.4. The molecule has 0 radical (unpaired) electrons. The van der Waals surface area contributed by atoms with E-state index in [2.05, 4.69) is 10.3 Å². The topological polar surface area (TPSA) is 42.0 Å². The van der Waals surface area contributed by atoms with Gasteiger partial charge in [-0.1, -0.05) is 23.7 Å². The van der Waals surface area contributed by atoms with Crippen LogP contribution in [0.15, 0.2) is 53.9 Å². The van der Waals surface area contributed by atoms with E-state index in [9.17, 15) is 9.18 Å². The summed E-state index contributed by atoms with van der Waals surface area (Å²) in [6.07, 6.45) is 0. The average molecular weight is 333 g/mol. The van der Waals surface area contributed by atoms with E-state index in [1.165, 1.54) is 23.5 Å². The van der Waals surface area contributed by atoms with Gasteiger partial charge in [-0.2, -0.15) is 0 Å². The van der Waals surface area contributed by atoms with Crippen molar-refractivity contribution in [3.8, 4) is 11.3 Å². The summed E-state index contributed by atoms with van der Waals surface area (Å²) in [6, 6.07) is 12.7. The summed E-state index contributed by atoms with van der Waals surface area (Å²) in [5, 5.41) is 5.51. The summed E-state index contributed by atoms with van der Waals surface area (Å²) in [6.45, 7) is 0. The minimum atomic E-state index is -0.322. The summed E-state index contributed by atoms with van der Waals surface area (Å²) in [5.74, 6) is -0.589. The van der Waals surface area contributed by atoms with Crippen LogP contribution in [0.4, 0.5) is 9.52 Å². The van der Waals surface area contributed by atoms with Crippen molar-refractivity contribution >= 4 is 34.0 Å². The minimum absolute atomic E-state index is 0.267. The minimum Gasteiger partial charge on any atom is -0.298 e. The largest absolute Gasteiger partial charge is 0.298 e. The number of hydrogen-bond donors (Lipinski definition) is 1. The van der Waals surface area contributed by atoms with E-state index in [4.69, 9.17) is 11.6 Å². The first-order valence-electron chi connectivity index (χ1n) is 6.40. The van der Waals surface area contributed by atoms with Gasteiger partial charge in [0.2, 0.25) is 0 Å². The second-order valence-electron chi connectivity index (χ2n) is 4.51. The highest BCUT2D eigenvalue weighted by molar-refractivity contribution is 7.14. The maximum Gasteiger partial charge on any atom is 0.257 e. The lowest BCUT2D eigenvalue weighted by Crippen LogP contribution is -2.11. The van der Waals surface area contributed by atoms with Crippen LogP contribution in [0.2, 0.25) is 5.02 Å². The lowest BCUT2D eigenvalue weighted by atomic mass is 10.2. The van der Waals surface area contributed by atoms with E-state index >= 15 is 0 Å². The van der Waals surface area contributed by atoms with Crippen molar-refractivity contribution in [1.82, 2.24) is 4.98 Å². The molecular weight excluding hydrogens is 323 g/mol. The Bertz CT molecular complexity index is 817. The van der Waals surface area contributed by atoms with Gasteiger partial charge < -0.3 is 0 Å². The molecule has 1 aromatic heterocycles. The van der Waals surface area contributed by atoms with Gasteiger partial charge in [0.1, 0.15) is 5.82 Å². The lowest BCUT2D eigenvalue weighted by Gasteiger charge is -2.01. The number of aromatic nitrogens is 1. The van der Waals surface area contributed by atoms with Crippen LogP contribution in [0, 0.1) is 5.82 Å². The Kier molecular flexibility index (Phi) is 4.18. The monoisotopic (exact) mass is 332 g/mol. The third-order valence-corrected chi connectivity index (χ3v) is 3.96. The SMILES string of the molecule is O=C(Nc1nc(-c2cccc(F)c2)cs1)c1ccc(Cl)cc1. The maximum absolute atomic E-state index is 13.2. The zero-order chi connectivity index (χ0) is 15.5. The number of benzene rings is 2. The molecule has 1 heterocycles. The van der Waals surface area contributed by atoms with E-state index < -0.39 is 0 Å². The number of thiazole rings is 1. The van der Waals surface area contributed by atoms with Crippen molar-refractivity contribution in [3.63, 3.8) is 0 Å². The van der Waals surface area contributed by atoms with Crippen LogP contribution in [0.5, 0.6) is 0 Å². The van der Waals surface area contributed by atoms with Crippen LogP contribution in [0.3, 0.4) is 0 Å². The zero-order valence-electron chi connectivity index (χ0n) is 11.2. The second-order valence-corrected chi connectivity index (χ2v) is 5.80. The fourth-order valence-corrected chi connectivity index (χ4v) is 2.72. The molecule has 0 bridgehead atoms. The van der Waals surface area contributed by atoms with Gasteiger partial charge in [0, 0.05) is 21.5 Å². The number of nitrogens with zero attached hydrogens (tertiary/aromatic N) is 1. The predicted molar refractivity (Wildman–Crippen MR) is 86.9 cm³/mol. The molecule has 2 aromatic carbocycles. The molecule has 0 aliphatic heterocycles. The molecule has 1 N–H and O–H groups in total. The number of anilines is 1. The summed E-state index contributed by atoms with van der Waals surface area (Å²) in [7, 11) is 0. The van der Waals surface area contributed by atoms with Crippen molar-refractivity contribution in [2.24, 2.45) is 0 Å². The molecule has 0 spiro atoms. The Balaban J connectivity index is 1.77. The Morgan fingerprint density at radius 3 is 2.68 bits per heavy atom. The van der Waals surface area contributed by atoms with Crippen LogP contribution in [-0.4, -0.2) is 10.9 Å². The summed E-state index contributed by atoms with van der Waals surface area (Å²) < 4.78 is 13.2. The standard InChI is InChI=1S/C16H10ClFN2OS/c17-12-6-4-10(5-7-12)15(21)20-16-19-14(9-22-16)11-2-1-3-13(18)8-11/h1-9H,(H,19,20,21). The number of amides is 1. The van der Waals surface area contributed by atoms with E-state index in [-0.39, 0.29) is 11.7 Å². The average Bonchev–Trinajstić information content (AvgIpc) is 2.96. The molecule has 3 nitrogen and oxygen atoms in total. The number of hydrogen-bond acceptors (Lipinski definition) is 3. The van der Waals surface area contributed by atoms with Crippen LogP contribution in [0.25, 0.3) is 11.3 Å². The number of rotatable bonds is 3. The van der Waals surface area contributed by atoms with Crippen LogP contribution < -0.4 is 5.32 Å². The number of carbonyl (C=O) groups excluding carboxylic acids is 1. The Morgan fingerprint density at radius 1 is 1.18 bits per heavy atom. The Hall–Kier alpha value is -2.24. The quantitative estimate of drug-likeness (QED) is 0.744. The van der Waals surface area contributed by atoms with Gasteiger partial charge in [0.25, 0.3) is 5.91 Å². The normalized spacial score (nSPS) is 10.5. The highest BCUT2D eigenvalue weighted by atomic mass is 35.5. The molecule has 0 saturated carbocycles. The van der Waals surface area contributed by atoms with Gasteiger partial charge in [0.05, 0.1) is 5.69 Å².